The van der Waals surface area contributed by atoms with Crippen molar-refractivity contribution in [2.24, 2.45) is 0 Å². The summed E-state index contributed by atoms with van der Waals surface area (Å²) >= 11 is 0. The molecule has 0 saturated carbocycles. The van der Waals surface area contributed by atoms with E-state index in [0.717, 1.165) is 38.9 Å². The van der Waals surface area contributed by atoms with Gasteiger partial charge in [-0.2, -0.15) is 0 Å². The minimum absolute atomic E-state index is 0.105. The molecule has 0 aromatic carbocycles. The maximum atomic E-state index is 12.4. The molecular weight excluding hydrogens is 260 g/mol. The molecule has 2 rings (SSSR count). The lowest BCUT2D eigenvalue weighted by molar-refractivity contribution is -0.141. The Bertz CT molecular complexity index is 342. The van der Waals surface area contributed by atoms with Crippen molar-refractivity contribution in [1.82, 2.24) is 9.80 Å². The molecule has 1 atom stereocenters. The number of ether oxygens (including phenoxy) is 1. The number of amides is 1. The second kappa shape index (κ2) is 7.59. The maximum Gasteiger partial charge on any atom is 0.303 e. The highest BCUT2D eigenvalue weighted by Gasteiger charge is 2.28. The third-order valence-corrected chi connectivity index (χ3v) is 4.10. The van der Waals surface area contributed by atoms with Crippen LogP contribution in [0.2, 0.25) is 0 Å². The number of carboxylic acid groups (broad SMARTS) is 1. The van der Waals surface area contributed by atoms with Gasteiger partial charge in [0.1, 0.15) is 0 Å². The van der Waals surface area contributed by atoms with Gasteiger partial charge in [0.05, 0.1) is 19.8 Å². The zero-order valence-corrected chi connectivity index (χ0v) is 11.9. The van der Waals surface area contributed by atoms with Crippen molar-refractivity contribution in [2.75, 3.05) is 39.4 Å². The first-order valence-corrected chi connectivity index (χ1v) is 7.48. The molecule has 0 aromatic heterocycles. The normalized spacial score (nSPS) is 24.6. The van der Waals surface area contributed by atoms with E-state index < -0.39 is 5.97 Å². The predicted molar refractivity (Wildman–Crippen MR) is 73.5 cm³/mol. The summed E-state index contributed by atoms with van der Waals surface area (Å²) in [5.74, 6) is -0.641. The van der Waals surface area contributed by atoms with Gasteiger partial charge in [0, 0.05) is 32.1 Å². The largest absolute Gasteiger partial charge is 0.481 e. The molecule has 6 heteroatoms. The fraction of sp³-hybridized carbons (Fsp3) is 0.857. The number of hydrogen-bond donors (Lipinski definition) is 1. The first kappa shape index (κ1) is 15.3. The summed E-state index contributed by atoms with van der Waals surface area (Å²) in [6.45, 7) is 4.20. The number of nitrogens with zero attached hydrogens (tertiary/aromatic N) is 2. The smallest absolute Gasteiger partial charge is 0.303 e. The van der Waals surface area contributed by atoms with Crippen molar-refractivity contribution in [3.63, 3.8) is 0 Å². The minimum atomic E-state index is -0.781. The lowest BCUT2D eigenvalue weighted by Gasteiger charge is -2.37. The van der Waals surface area contributed by atoms with Crippen LogP contribution in [0.15, 0.2) is 0 Å². The van der Waals surface area contributed by atoms with Gasteiger partial charge in [-0.3, -0.25) is 14.5 Å². The number of hydrogen-bond acceptors (Lipinski definition) is 4. The molecule has 6 nitrogen and oxygen atoms in total. The highest BCUT2D eigenvalue weighted by Crippen LogP contribution is 2.21. The van der Waals surface area contributed by atoms with Crippen molar-refractivity contribution in [1.29, 1.82) is 0 Å². The van der Waals surface area contributed by atoms with Gasteiger partial charge < -0.3 is 14.7 Å². The number of carboxylic acids is 1. The Labute approximate surface area is 119 Å². The van der Waals surface area contributed by atoms with Crippen LogP contribution in [0.25, 0.3) is 0 Å². The molecule has 0 aromatic rings. The molecule has 0 radical (unpaired) electrons. The van der Waals surface area contributed by atoms with Crippen LogP contribution in [-0.4, -0.2) is 72.2 Å². The van der Waals surface area contributed by atoms with Crippen LogP contribution in [0.4, 0.5) is 0 Å². The molecule has 0 aliphatic carbocycles. The summed E-state index contributed by atoms with van der Waals surface area (Å²) in [4.78, 5) is 27.2. The number of carbonyl (C=O) groups is 2. The standard InChI is InChI=1S/C14H24N2O4/c17-13(11-15-7-9-20-10-8-15)16-6-2-1-3-12(16)4-5-14(18)19/h12H,1-11H2,(H,18,19)/t12-/m1/s1. The Morgan fingerprint density at radius 2 is 1.90 bits per heavy atom. The number of carbonyl (C=O) groups excluding carboxylic acids is 1. The van der Waals surface area contributed by atoms with Gasteiger partial charge in [-0.25, -0.2) is 0 Å². The first-order chi connectivity index (χ1) is 9.66. The van der Waals surface area contributed by atoms with E-state index in [-0.39, 0.29) is 18.4 Å². The highest BCUT2D eigenvalue weighted by atomic mass is 16.5. The minimum Gasteiger partial charge on any atom is -0.481 e. The third kappa shape index (κ3) is 4.45. The third-order valence-electron chi connectivity index (χ3n) is 4.10. The Morgan fingerprint density at radius 1 is 1.15 bits per heavy atom. The first-order valence-electron chi connectivity index (χ1n) is 7.48. The Kier molecular flexibility index (Phi) is 5.79. The zero-order valence-electron chi connectivity index (χ0n) is 11.9. The molecule has 114 valence electrons. The van der Waals surface area contributed by atoms with Gasteiger partial charge >= 0.3 is 5.97 Å². The molecular formula is C14H24N2O4. The summed E-state index contributed by atoms with van der Waals surface area (Å²) < 4.78 is 5.28. The molecule has 0 bridgehead atoms. The topological polar surface area (TPSA) is 70.1 Å². The molecule has 1 amide bonds. The van der Waals surface area contributed by atoms with E-state index in [1.807, 2.05) is 4.90 Å². The van der Waals surface area contributed by atoms with Crippen LogP contribution in [0.5, 0.6) is 0 Å². The lowest BCUT2D eigenvalue weighted by atomic mass is 9.98. The zero-order chi connectivity index (χ0) is 14.4. The van der Waals surface area contributed by atoms with Gasteiger partial charge in [-0.05, 0) is 25.7 Å². The molecule has 1 N–H and O–H groups in total. The average molecular weight is 284 g/mol. The summed E-state index contributed by atoms with van der Waals surface area (Å²) in [7, 11) is 0. The van der Waals surface area contributed by atoms with Crippen LogP contribution in [-0.2, 0) is 14.3 Å². The maximum absolute atomic E-state index is 12.4. The van der Waals surface area contributed by atoms with Gasteiger partial charge in [-0.15, -0.1) is 0 Å². The molecule has 2 saturated heterocycles. The molecule has 2 heterocycles. The Hall–Kier alpha value is -1.14. The van der Waals surface area contributed by atoms with E-state index in [9.17, 15) is 9.59 Å². The second-order valence-electron chi connectivity index (χ2n) is 5.56. The van der Waals surface area contributed by atoms with Crippen molar-refractivity contribution in [2.45, 2.75) is 38.1 Å². The number of likely N-dealkylation sites (tertiary alicyclic amines) is 1. The van der Waals surface area contributed by atoms with Crippen LogP contribution in [0.3, 0.4) is 0 Å². The van der Waals surface area contributed by atoms with Crippen molar-refractivity contribution in [3.05, 3.63) is 0 Å². The van der Waals surface area contributed by atoms with Crippen molar-refractivity contribution in [3.8, 4) is 0 Å². The van der Waals surface area contributed by atoms with Crippen LogP contribution in [0.1, 0.15) is 32.1 Å². The van der Waals surface area contributed by atoms with E-state index in [0.29, 0.717) is 26.2 Å². The summed E-state index contributed by atoms with van der Waals surface area (Å²) in [5, 5.41) is 8.80. The van der Waals surface area contributed by atoms with Crippen molar-refractivity contribution >= 4 is 11.9 Å². The number of rotatable bonds is 5. The van der Waals surface area contributed by atoms with Gasteiger partial charge in [0.15, 0.2) is 0 Å². The second-order valence-corrected chi connectivity index (χ2v) is 5.56. The molecule has 2 fully saturated rings. The monoisotopic (exact) mass is 284 g/mol. The Morgan fingerprint density at radius 3 is 2.60 bits per heavy atom. The van der Waals surface area contributed by atoms with E-state index in [2.05, 4.69) is 4.90 Å². The SMILES string of the molecule is O=C(O)CC[C@H]1CCCCN1C(=O)CN1CCOCC1. The molecule has 0 spiro atoms. The Balaban J connectivity index is 1.85. The summed E-state index contributed by atoms with van der Waals surface area (Å²) in [5.41, 5.74) is 0. The van der Waals surface area contributed by atoms with Gasteiger partial charge in [0.2, 0.25) is 5.91 Å². The highest BCUT2D eigenvalue weighted by molar-refractivity contribution is 5.78. The quantitative estimate of drug-likeness (QED) is 0.799. The van der Waals surface area contributed by atoms with E-state index in [4.69, 9.17) is 9.84 Å². The molecule has 2 aliphatic heterocycles. The average Bonchev–Trinajstić information content (AvgIpc) is 2.46. The molecule has 0 unspecified atom stereocenters. The molecule has 2 aliphatic rings. The summed E-state index contributed by atoms with van der Waals surface area (Å²) in [6, 6.07) is 0.105. The number of morpholine rings is 1. The number of aliphatic carboxylic acids is 1. The van der Waals surface area contributed by atoms with E-state index in [1.165, 1.54) is 0 Å². The van der Waals surface area contributed by atoms with Crippen molar-refractivity contribution < 1.29 is 19.4 Å². The summed E-state index contributed by atoms with van der Waals surface area (Å²) in [6.07, 6.45) is 3.77. The fourth-order valence-corrected chi connectivity index (χ4v) is 2.96. The van der Waals surface area contributed by atoms with E-state index >= 15 is 0 Å². The van der Waals surface area contributed by atoms with Gasteiger partial charge in [0.25, 0.3) is 0 Å². The van der Waals surface area contributed by atoms with Crippen LogP contribution >= 0.6 is 0 Å². The number of piperidine rings is 1. The van der Waals surface area contributed by atoms with Gasteiger partial charge in [-0.1, -0.05) is 0 Å². The predicted octanol–water partition coefficient (Wildman–Crippen LogP) is 0.565. The van der Waals surface area contributed by atoms with Crippen LogP contribution in [0, 0.1) is 0 Å². The van der Waals surface area contributed by atoms with Crippen LogP contribution < -0.4 is 0 Å². The lowest BCUT2D eigenvalue weighted by Crippen LogP contribution is -2.50. The fourth-order valence-electron chi connectivity index (χ4n) is 2.96. The molecule has 20 heavy (non-hydrogen) atoms. The van der Waals surface area contributed by atoms with E-state index in [1.54, 1.807) is 0 Å².